The number of esters is 1. The molecule has 0 aromatic heterocycles. The van der Waals surface area contributed by atoms with Gasteiger partial charge < -0.3 is 10.5 Å². The zero-order valence-corrected chi connectivity index (χ0v) is 10.2. The van der Waals surface area contributed by atoms with Crippen LogP contribution in [0.1, 0.15) is 15.9 Å². The molecule has 88 valence electrons. The molecule has 0 bridgehead atoms. The molecule has 0 saturated carbocycles. The van der Waals surface area contributed by atoms with Crippen LogP contribution in [0.3, 0.4) is 0 Å². The van der Waals surface area contributed by atoms with E-state index in [2.05, 4.69) is 4.74 Å². The molecule has 7 heteroatoms. The molecule has 0 fully saturated rings. The van der Waals surface area contributed by atoms with Crippen LogP contribution in [0.15, 0.2) is 12.1 Å². The van der Waals surface area contributed by atoms with Gasteiger partial charge in [0, 0.05) is 9.26 Å². The minimum absolute atomic E-state index is 0.0272. The SMILES string of the molecule is COC(=O)c1cc(I)c(N)cc1C(F)(F)F. The average Bonchev–Trinajstić information content (AvgIpc) is 2.18. The maximum absolute atomic E-state index is 12.6. The summed E-state index contributed by atoms with van der Waals surface area (Å²) in [6.45, 7) is 0. The number of nitrogen functional groups attached to an aromatic ring is 1. The molecular weight excluding hydrogens is 338 g/mol. The standard InChI is InChI=1S/C9H7F3INO2/c1-16-8(15)4-2-6(13)7(14)3-5(4)9(10,11)12/h2-3H,14H2,1H3. The van der Waals surface area contributed by atoms with Gasteiger partial charge in [-0.05, 0) is 34.7 Å². The number of halogens is 4. The lowest BCUT2D eigenvalue weighted by molar-refractivity contribution is -0.138. The van der Waals surface area contributed by atoms with Gasteiger partial charge in [0.25, 0.3) is 0 Å². The molecule has 0 radical (unpaired) electrons. The number of nitrogens with two attached hydrogens (primary N) is 1. The number of rotatable bonds is 1. The molecule has 0 saturated heterocycles. The first-order chi connectivity index (χ1) is 7.27. The second-order valence-corrected chi connectivity index (χ2v) is 4.07. The topological polar surface area (TPSA) is 52.3 Å². The minimum atomic E-state index is -4.64. The third-order valence-corrected chi connectivity index (χ3v) is 2.78. The predicted molar refractivity (Wildman–Crippen MR) is 59.9 cm³/mol. The summed E-state index contributed by atoms with van der Waals surface area (Å²) in [5, 5.41) is 0. The molecule has 3 nitrogen and oxygen atoms in total. The lowest BCUT2D eigenvalue weighted by Crippen LogP contribution is -2.15. The Hall–Kier alpha value is -0.990. The van der Waals surface area contributed by atoms with Gasteiger partial charge in [-0.15, -0.1) is 0 Å². The van der Waals surface area contributed by atoms with E-state index >= 15 is 0 Å². The van der Waals surface area contributed by atoms with E-state index in [1.807, 2.05) is 0 Å². The quantitative estimate of drug-likeness (QED) is 0.484. The molecule has 0 amide bonds. The number of benzene rings is 1. The number of hydrogen-bond donors (Lipinski definition) is 1. The van der Waals surface area contributed by atoms with E-state index in [0.717, 1.165) is 19.2 Å². The van der Waals surface area contributed by atoms with E-state index in [9.17, 15) is 18.0 Å². The number of carbonyl (C=O) groups is 1. The molecule has 1 aromatic carbocycles. The Morgan fingerprint density at radius 2 is 2.00 bits per heavy atom. The smallest absolute Gasteiger partial charge is 0.417 e. The van der Waals surface area contributed by atoms with Crippen LogP contribution in [0.25, 0.3) is 0 Å². The Morgan fingerprint density at radius 3 is 2.44 bits per heavy atom. The van der Waals surface area contributed by atoms with Gasteiger partial charge in [0.1, 0.15) is 0 Å². The lowest BCUT2D eigenvalue weighted by Gasteiger charge is -2.13. The van der Waals surface area contributed by atoms with Crippen LogP contribution in [0.4, 0.5) is 18.9 Å². The second kappa shape index (κ2) is 4.48. The molecule has 16 heavy (non-hydrogen) atoms. The Kier molecular flexibility index (Phi) is 3.66. The van der Waals surface area contributed by atoms with Crippen molar-refractivity contribution in [1.82, 2.24) is 0 Å². The maximum Gasteiger partial charge on any atom is 0.417 e. The first kappa shape index (κ1) is 13.1. The highest BCUT2D eigenvalue weighted by molar-refractivity contribution is 14.1. The van der Waals surface area contributed by atoms with Crippen molar-refractivity contribution < 1.29 is 22.7 Å². The van der Waals surface area contributed by atoms with E-state index < -0.39 is 23.3 Å². The van der Waals surface area contributed by atoms with Crippen molar-refractivity contribution >= 4 is 34.2 Å². The third kappa shape index (κ3) is 2.57. The van der Waals surface area contributed by atoms with Gasteiger partial charge in [-0.2, -0.15) is 13.2 Å². The van der Waals surface area contributed by atoms with Crippen LogP contribution in [0.5, 0.6) is 0 Å². The van der Waals surface area contributed by atoms with Crippen molar-refractivity contribution in [1.29, 1.82) is 0 Å². The molecule has 0 atom stereocenters. The molecule has 0 aliphatic rings. The molecule has 1 rings (SSSR count). The fourth-order valence-electron chi connectivity index (χ4n) is 1.10. The van der Waals surface area contributed by atoms with Crippen LogP contribution >= 0.6 is 22.6 Å². The summed E-state index contributed by atoms with van der Waals surface area (Å²) in [6, 6.07) is 1.79. The van der Waals surface area contributed by atoms with Crippen LogP contribution in [-0.2, 0) is 10.9 Å². The van der Waals surface area contributed by atoms with Crippen LogP contribution in [-0.4, -0.2) is 13.1 Å². The highest BCUT2D eigenvalue weighted by Crippen LogP contribution is 2.35. The normalized spacial score (nSPS) is 11.3. The average molecular weight is 345 g/mol. The van der Waals surface area contributed by atoms with E-state index in [1.165, 1.54) is 0 Å². The van der Waals surface area contributed by atoms with Gasteiger partial charge >= 0.3 is 12.1 Å². The van der Waals surface area contributed by atoms with Crippen LogP contribution < -0.4 is 5.73 Å². The van der Waals surface area contributed by atoms with Gasteiger partial charge in [0.05, 0.1) is 18.2 Å². The fraction of sp³-hybridized carbons (Fsp3) is 0.222. The summed E-state index contributed by atoms with van der Waals surface area (Å²) in [7, 11) is 1.02. The second-order valence-electron chi connectivity index (χ2n) is 2.91. The summed E-state index contributed by atoms with van der Waals surface area (Å²) in [5.74, 6) is -1.04. The van der Waals surface area contributed by atoms with Crippen molar-refractivity contribution in [2.75, 3.05) is 12.8 Å². The maximum atomic E-state index is 12.6. The summed E-state index contributed by atoms with van der Waals surface area (Å²) in [5.41, 5.74) is 3.72. The fourth-order valence-corrected chi connectivity index (χ4v) is 1.57. The number of carbonyl (C=O) groups excluding carboxylic acids is 1. The van der Waals surface area contributed by atoms with Crippen molar-refractivity contribution in [3.8, 4) is 0 Å². The summed E-state index contributed by atoms with van der Waals surface area (Å²) in [6.07, 6.45) is -4.64. The number of methoxy groups -OCH3 is 1. The highest BCUT2D eigenvalue weighted by Gasteiger charge is 2.36. The van der Waals surface area contributed by atoms with E-state index in [4.69, 9.17) is 5.73 Å². The molecule has 0 unspecified atom stereocenters. The van der Waals surface area contributed by atoms with Crippen LogP contribution in [0.2, 0.25) is 0 Å². The van der Waals surface area contributed by atoms with Gasteiger partial charge in [0.15, 0.2) is 0 Å². The summed E-state index contributed by atoms with van der Waals surface area (Å²) < 4.78 is 42.4. The van der Waals surface area contributed by atoms with Gasteiger partial charge in [-0.1, -0.05) is 0 Å². The van der Waals surface area contributed by atoms with Gasteiger partial charge in [0.2, 0.25) is 0 Å². The number of anilines is 1. The van der Waals surface area contributed by atoms with Crippen molar-refractivity contribution in [3.63, 3.8) is 0 Å². The van der Waals surface area contributed by atoms with E-state index in [0.29, 0.717) is 3.57 Å². The highest BCUT2D eigenvalue weighted by atomic mass is 127. The number of hydrogen-bond acceptors (Lipinski definition) is 3. The predicted octanol–water partition coefficient (Wildman–Crippen LogP) is 2.68. The van der Waals surface area contributed by atoms with E-state index in [1.54, 1.807) is 22.6 Å². The van der Waals surface area contributed by atoms with Gasteiger partial charge in [-0.3, -0.25) is 0 Å². The molecular formula is C9H7F3INO2. The number of alkyl halides is 3. The summed E-state index contributed by atoms with van der Waals surface area (Å²) in [4.78, 5) is 11.2. The Balaban J connectivity index is 3.45. The monoisotopic (exact) mass is 345 g/mol. The summed E-state index contributed by atoms with van der Waals surface area (Å²) >= 11 is 1.74. The minimum Gasteiger partial charge on any atom is -0.465 e. The molecule has 0 aliphatic heterocycles. The Morgan fingerprint density at radius 1 is 1.44 bits per heavy atom. The molecule has 0 spiro atoms. The molecule has 2 N–H and O–H groups in total. The molecule has 0 heterocycles. The Labute approximate surface area is 103 Å². The zero-order chi connectivity index (χ0) is 12.5. The molecule has 1 aromatic rings. The van der Waals surface area contributed by atoms with Crippen molar-refractivity contribution in [3.05, 3.63) is 26.8 Å². The lowest BCUT2D eigenvalue weighted by atomic mass is 10.1. The largest absolute Gasteiger partial charge is 0.465 e. The zero-order valence-electron chi connectivity index (χ0n) is 8.06. The first-order valence-electron chi connectivity index (χ1n) is 4.02. The number of ether oxygens (including phenoxy) is 1. The third-order valence-electron chi connectivity index (χ3n) is 1.85. The van der Waals surface area contributed by atoms with E-state index in [-0.39, 0.29) is 5.69 Å². The van der Waals surface area contributed by atoms with Crippen LogP contribution in [0, 0.1) is 3.57 Å². The first-order valence-corrected chi connectivity index (χ1v) is 5.09. The van der Waals surface area contributed by atoms with Gasteiger partial charge in [-0.25, -0.2) is 4.79 Å². The Bertz CT molecular complexity index is 431. The van der Waals surface area contributed by atoms with Crippen molar-refractivity contribution in [2.45, 2.75) is 6.18 Å². The molecule has 0 aliphatic carbocycles. The van der Waals surface area contributed by atoms with Crippen molar-refractivity contribution in [2.24, 2.45) is 0 Å².